The molecule has 0 fully saturated rings. The smallest absolute Gasteiger partial charge is 0.168 e. The quantitative estimate of drug-likeness (QED) is 0.673. The van der Waals surface area contributed by atoms with Gasteiger partial charge in [-0.1, -0.05) is 0 Å². The molecule has 15 heavy (non-hydrogen) atoms. The number of hydrogen-bond donors (Lipinski definition) is 0. The van der Waals surface area contributed by atoms with Crippen LogP contribution in [0.3, 0.4) is 0 Å². The molecule has 0 saturated carbocycles. The molecule has 2 rings (SSSR count). The summed E-state index contributed by atoms with van der Waals surface area (Å²) in [4.78, 5) is 14.3. The summed E-state index contributed by atoms with van der Waals surface area (Å²) in [5.74, 6) is -1.16. The zero-order valence-corrected chi connectivity index (χ0v) is 7.92. The van der Waals surface area contributed by atoms with Crippen molar-refractivity contribution in [1.29, 1.82) is 0 Å². The van der Waals surface area contributed by atoms with Gasteiger partial charge in [0.15, 0.2) is 6.29 Å². The summed E-state index contributed by atoms with van der Waals surface area (Å²) < 4.78 is 26.7. The number of benzene rings is 1. The van der Waals surface area contributed by atoms with E-state index < -0.39 is 11.6 Å². The van der Waals surface area contributed by atoms with Gasteiger partial charge in [0.2, 0.25) is 0 Å². The number of halogens is 2. The molecule has 0 unspecified atom stereocenters. The van der Waals surface area contributed by atoms with Crippen LogP contribution in [0, 0.1) is 18.6 Å². The van der Waals surface area contributed by atoms with Crippen molar-refractivity contribution in [3.63, 3.8) is 0 Å². The average Bonchev–Trinajstić information content (AvgIpc) is 2.23. The molecule has 76 valence electrons. The summed E-state index contributed by atoms with van der Waals surface area (Å²) in [6.07, 6.45) is 0.511. The molecule has 0 atom stereocenters. The zero-order chi connectivity index (χ0) is 11.0. The van der Waals surface area contributed by atoms with Gasteiger partial charge in [-0.05, 0) is 30.7 Å². The van der Waals surface area contributed by atoms with Crippen molar-refractivity contribution in [2.45, 2.75) is 6.92 Å². The second-order valence-corrected chi connectivity index (χ2v) is 3.23. The van der Waals surface area contributed by atoms with Gasteiger partial charge in [0, 0.05) is 5.39 Å². The Kier molecular flexibility index (Phi) is 2.19. The van der Waals surface area contributed by atoms with E-state index in [-0.39, 0.29) is 16.6 Å². The van der Waals surface area contributed by atoms with Gasteiger partial charge in [0.05, 0.1) is 0 Å². The molecule has 0 saturated heterocycles. The van der Waals surface area contributed by atoms with E-state index in [9.17, 15) is 13.6 Å². The Hall–Kier alpha value is -1.84. The van der Waals surface area contributed by atoms with E-state index in [0.717, 1.165) is 12.1 Å². The number of nitrogens with zero attached hydrogens (tertiary/aromatic N) is 1. The highest BCUT2D eigenvalue weighted by Gasteiger charge is 2.11. The Morgan fingerprint density at radius 3 is 2.60 bits per heavy atom. The van der Waals surface area contributed by atoms with E-state index in [1.807, 2.05) is 0 Å². The Balaban J connectivity index is 2.96. The molecule has 0 amide bonds. The first-order valence-corrected chi connectivity index (χ1v) is 4.34. The number of aromatic nitrogens is 1. The first kappa shape index (κ1) is 9.71. The van der Waals surface area contributed by atoms with Crippen LogP contribution in [0.15, 0.2) is 18.2 Å². The Labute approximate surface area is 84.6 Å². The number of aldehydes is 1. The predicted octanol–water partition coefficient (Wildman–Crippen LogP) is 2.63. The van der Waals surface area contributed by atoms with Crippen LogP contribution in [0.5, 0.6) is 0 Å². The summed E-state index contributed by atoms with van der Waals surface area (Å²) in [5.41, 5.74) is 0.501. The number of fused-ring (bicyclic) bond motifs is 1. The molecule has 1 aromatic carbocycles. The third-order valence-corrected chi connectivity index (χ3v) is 2.20. The topological polar surface area (TPSA) is 30.0 Å². The standard InChI is InChI=1S/C11H7F2NO/c1-6-4-7(5-15)14-11-9(13)3-2-8(12)10(6)11/h2-5H,1H3. The fourth-order valence-corrected chi connectivity index (χ4v) is 1.54. The summed E-state index contributed by atoms with van der Waals surface area (Å²) in [7, 11) is 0. The number of rotatable bonds is 1. The number of aryl methyl sites for hydroxylation is 1. The average molecular weight is 207 g/mol. The summed E-state index contributed by atoms with van der Waals surface area (Å²) >= 11 is 0. The SMILES string of the molecule is Cc1cc(C=O)nc2c(F)ccc(F)c12. The van der Waals surface area contributed by atoms with Crippen LogP contribution in [0.2, 0.25) is 0 Å². The van der Waals surface area contributed by atoms with Crippen LogP contribution < -0.4 is 0 Å². The van der Waals surface area contributed by atoms with Gasteiger partial charge in [-0.25, -0.2) is 13.8 Å². The molecule has 0 aliphatic rings. The highest BCUT2D eigenvalue weighted by molar-refractivity contribution is 5.87. The number of hydrogen-bond acceptors (Lipinski definition) is 2. The molecule has 1 heterocycles. The van der Waals surface area contributed by atoms with Crippen molar-refractivity contribution in [1.82, 2.24) is 4.98 Å². The van der Waals surface area contributed by atoms with E-state index in [4.69, 9.17) is 0 Å². The highest BCUT2D eigenvalue weighted by atomic mass is 19.1. The second kappa shape index (κ2) is 3.38. The van der Waals surface area contributed by atoms with Crippen LogP contribution >= 0.6 is 0 Å². The second-order valence-electron chi connectivity index (χ2n) is 3.23. The third kappa shape index (κ3) is 1.48. The minimum absolute atomic E-state index is 0.0999. The minimum Gasteiger partial charge on any atom is -0.296 e. The molecular weight excluding hydrogens is 200 g/mol. The van der Waals surface area contributed by atoms with Gasteiger partial charge in [-0.2, -0.15) is 0 Å². The highest BCUT2D eigenvalue weighted by Crippen LogP contribution is 2.22. The monoisotopic (exact) mass is 207 g/mol. The predicted molar refractivity (Wildman–Crippen MR) is 51.8 cm³/mol. The largest absolute Gasteiger partial charge is 0.296 e. The minimum atomic E-state index is -0.627. The van der Waals surface area contributed by atoms with Crippen LogP contribution in [-0.2, 0) is 0 Å². The Morgan fingerprint density at radius 1 is 1.27 bits per heavy atom. The van der Waals surface area contributed by atoms with Crippen molar-refractivity contribution in [3.8, 4) is 0 Å². The van der Waals surface area contributed by atoms with Crippen molar-refractivity contribution in [2.75, 3.05) is 0 Å². The van der Waals surface area contributed by atoms with E-state index in [2.05, 4.69) is 4.98 Å². The Bertz CT molecular complexity index is 552. The lowest BCUT2D eigenvalue weighted by Gasteiger charge is -2.04. The molecular formula is C11H7F2NO. The fourth-order valence-electron chi connectivity index (χ4n) is 1.54. The summed E-state index contributed by atoms with van der Waals surface area (Å²) in [5, 5.41) is 0.126. The normalized spacial score (nSPS) is 10.6. The molecule has 0 aliphatic carbocycles. The van der Waals surface area contributed by atoms with Crippen molar-refractivity contribution >= 4 is 17.2 Å². The van der Waals surface area contributed by atoms with Crippen LogP contribution in [0.4, 0.5) is 8.78 Å². The van der Waals surface area contributed by atoms with Gasteiger partial charge < -0.3 is 0 Å². The van der Waals surface area contributed by atoms with Gasteiger partial charge in [-0.3, -0.25) is 4.79 Å². The van der Waals surface area contributed by atoms with Crippen molar-refractivity contribution in [2.24, 2.45) is 0 Å². The molecule has 4 heteroatoms. The van der Waals surface area contributed by atoms with E-state index >= 15 is 0 Å². The summed E-state index contributed by atoms with van der Waals surface area (Å²) in [6.45, 7) is 1.61. The first-order valence-electron chi connectivity index (χ1n) is 4.34. The van der Waals surface area contributed by atoms with E-state index in [1.165, 1.54) is 6.07 Å². The maximum absolute atomic E-state index is 13.4. The number of carbonyl (C=O) groups excluding carboxylic acids is 1. The van der Waals surface area contributed by atoms with Crippen molar-refractivity contribution < 1.29 is 13.6 Å². The van der Waals surface area contributed by atoms with Crippen LogP contribution in [0.1, 0.15) is 16.1 Å². The molecule has 2 nitrogen and oxygen atoms in total. The zero-order valence-electron chi connectivity index (χ0n) is 7.92. The first-order chi connectivity index (χ1) is 7.13. The lowest BCUT2D eigenvalue weighted by molar-refractivity contribution is 0.111. The fraction of sp³-hybridized carbons (Fsp3) is 0.0909. The lowest BCUT2D eigenvalue weighted by Crippen LogP contribution is -1.95. The molecule has 0 bridgehead atoms. The lowest BCUT2D eigenvalue weighted by atomic mass is 10.1. The molecule has 2 aromatic rings. The van der Waals surface area contributed by atoms with E-state index in [1.54, 1.807) is 6.92 Å². The van der Waals surface area contributed by atoms with Crippen molar-refractivity contribution in [3.05, 3.63) is 41.1 Å². The number of pyridine rings is 1. The van der Waals surface area contributed by atoms with Crippen LogP contribution in [-0.4, -0.2) is 11.3 Å². The van der Waals surface area contributed by atoms with Gasteiger partial charge in [-0.15, -0.1) is 0 Å². The van der Waals surface area contributed by atoms with Gasteiger partial charge >= 0.3 is 0 Å². The maximum Gasteiger partial charge on any atom is 0.168 e. The molecule has 1 aromatic heterocycles. The van der Waals surface area contributed by atoms with E-state index in [0.29, 0.717) is 11.8 Å². The maximum atomic E-state index is 13.4. The number of carbonyl (C=O) groups is 1. The molecule has 0 N–H and O–H groups in total. The van der Waals surface area contributed by atoms with Gasteiger partial charge in [0.1, 0.15) is 22.8 Å². The Morgan fingerprint density at radius 2 is 1.93 bits per heavy atom. The van der Waals surface area contributed by atoms with Crippen LogP contribution in [0.25, 0.3) is 10.9 Å². The summed E-state index contributed by atoms with van der Waals surface area (Å²) in [6, 6.07) is 3.48. The molecule has 0 aliphatic heterocycles. The third-order valence-electron chi connectivity index (χ3n) is 2.20. The van der Waals surface area contributed by atoms with Gasteiger partial charge in [0.25, 0.3) is 0 Å². The molecule has 0 radical (unpaired) electrons. The molecule has 0 spiro atoms.